The molecule has 0 spiro atoms. The van der Waals surface area contributed by atoms with E-state index in [9.17, 15) is 0 Å². The molecule has 0 aromatic heterocycles. The third kappa shape index (κ3) is 5.40. The molecule has 0 N–H and O–H groups in total. The normalized spacial score (nSPS) is 24.3. The van der Waals surface area contributed by atoms with Crippen LogP contribution in [0.3, 0.4) is 0 Å². The Labute approximate surface area is 120 Å². The maximum Gasteiger partial charge on any atom is 0.324 e. The zero-order chi connectivity index (χ0) is 13.3. The number of allylic oxidation sites excluding steroid dienone is 1. The van der Waals surface area contributed by atoms with Gasteiger partial charge in [0.1, 0.15) is 0 Å². The maximum absolute atomic E-state index is 6.11. The summed E-state index contributed by atoms with van der Waals surface area (Å²) in [6.45, 7) is 3.70. The van der Waals surface area contributed by atoms with E-state index < -0.39 is 9.28 Å². The average molecular weight is 282 g/mol. The molecule has 2 nitrogen and oxygen atoms in total. The first kappa shape index (κ1) is 15.3. The van der Waals surface area contributed by atoms with Crippen LogP contribution < -0.4 is 0 Å². The molecule has 2 aliphatic carbocycles. The largest absolute Gasteiger partial charge is 0.397 e. The van der Waals surface area contributed by atoms with Crippen molar-refractivity contribution in [3.8, 4) is 0 Å². The second-order valence-electron chi connectivity index (χ2n) is 6.03. The van der Waals surface area contributed by atoms with Crippen LogP contribution in [0.15, 0.2) is 12.2 Å². The van der Waals surface area contributed by atoms with E-state index in [2.05, 4.69) is 19.1 Å². The van der Waals surface area contributed by atoms with Gasteiger partial charge in [-0.2, -0.15) is 0 Å². The van der Waals surface area contributed by atoms with Gasteiger partial charge in [0.25, 0.3) is 0 Å². The molecular weight excluding hydrogens is 252 g/mol. The molecule has 0 saturated heterocycles. The Morgan fingerprint density at radius 2 is 1.63 bits per heavy atom. The van der Waals surface area contributed by atoms with Crippen LogP contribution in [0.25, 0.3) is 0 Å². The Bertz CT molecular complexity index is 255. The van der Waals surface area contributed by atoms with Crippen LogP contribution in [0.5, 0.6) is 0 Å². The van der Waals surface area contributed by atoms with Gasteiger partial charge in [-0.1, -0.05) is 44.3 Å². The van der Waals surface area contributed by atoms with E-state index in [0.717, 1.165) is 24.7 Å². The van der Waals surface area contributed by atoms with Crippen LogP contribution in [-0.2, 0) is 8.85 Å². The van der Waals surface area contributed by atoms with Crippen molar-refractivity contribution in [2.75, 3.05) is 13.2 Å². The molecule has 3 heteroatoms. The molecule has 110 valence electrons. The van der Waals surface area contributed by atoms with Crippen LogP contribution in [0.1, 0.15) is 64.7 Å². The van der Waals surface area contributed by atoms with Crippen molar-refractivity contribution in [1.82, 2.24) is 0 Å². The Hall–Kier alpha value is -0.123. The molecule has 0 aromatic carbocycles. The molecule has 2 rings (SSSR count). The Morgan fingerprint density at radius 3 is 2.32 bits per heavy atom. The SMILES string of the molecule is CCO[SiH](OCC=CC1CCCC1)C1CCCCC1. The first-order valence-electron chi connectivity index (χ1n) is 8.30. The van der Waals surface area contributed by atoms with Crippen molar-refractivity contribution in [1.29, 1.82) is 0 Å². The minimum Gasteiger partial charge on any atom is -0.397 e. The van der Waals surface area contributed by atoms with E-state index in [-0.39, 0.29) is 0 Å². The number of hydrogen-bond acceptors (Lipinski definition) is 2. The van der Waals surface area contributed by atoms with Gasteiger partial charge in [0.2, 0.25) is 0 Å². The van der Waals surface area contributed by atoms with Crippen LogP contribution in [0.4, 0.5) is 0 Å². The van der Waals surface area contributed by atoms with Gasteiger partial charge in [-0.15, -0.1) is 0 Å². The van der Waals surface area contributed by atoms with Crippen molar-refractivity contribution in [2.24, 2.45) is 5.92 Å². The van der Waals surface area contributed by atoms with Crippen LogP contribution in [0, 0.1) is 5.92 Å². The van der Waals surface area contributed by atoms with Crippen LogP contribution >= 0.6 is 0 Å². The molecule has 1 unspecified atom stereocenters. The molecule has 2 fully saturated rings. The van der Waals surface area contributed by atoms with Gasteiger partial charge in [0.15, 0.2) is 0 Å². The molecule has 19 heavy (non-hydrogen) atoms. The molecule has 0 heterocycles. The molecule has 0 aromatic rings. The molecular formula is C16H30O2Si. The molecule has 0 aliphatic heterocycles. The Balaban J connectivity index is 1.69. The number of rotatable bonds is 7. The summed E-state index contributed by atoms with van der Waals surface area (Å²) in [5.74, 6) is 0.825. The molecule has 0 radical (unpaired) electrons. The molecule has 2 saturated carbocycles. The zero-order valence-corrected chi connectivity index (χ0v) is 13.6. The smallest absolute Gasteiger partial charge is 0.324 e. The summed E-state index contributed by atoms with van der Waals surface area (Å²) in [7, 11) is -1.43. The van der Waals surface area contributed by atoms with Gasteiger partial charge >= 0.3 is 9.28 Å². The van der Waals surface area contributed by atoms with Crippen molar-refractivity contribution in [3.05, 3.63) is 12.2 Å². The van der Waals surface area contributed by atoms with Crippen LogP contribution in [-0.4, -0.2) is 22.5 Å². The maximum atomic E-state index is 6.11. The Morgan fingerprint density at radius 1 is 0.947 bits per heavy atom. The van der Waals surface area contributed by atoms with Crippen molar-refractivity contribution >= 4 is 9.28 Å². The van der Waals surface area contributed by atoms with E-state index in [0.29, 0.717) is 0 Å². The van der Waals surface area contributed by atoms with Crippen LogP contribution in [0.2, 0.25) is 5.54 Å². The van der Waals surface area contributed by atoms with Gasteiger partial charge in [0, 0.05) is 6.61 Å². The fourth-order valence-corrected chi connectivity index (χ4v) is 5.72. The quantitative estimate of drug-likeness (QED) is 0.511. The predicted molar refractivity (Wildman–Crippen MR) is 82.7 cm³/mol. The van der Waals surface area contributed by atoms with E-state index in [1.807, 2.05) is 0 Å². The summed E-state index contributed by atoms with van der Waals surface area (Å²) >= 11 is 0. The minimum atomic E-state index is -1.43. The van der Waals surface area contributed by atoms with Crippen molar-refractivity contribution in [2.45, 2.75) is 70.3 Å². The highest BCUT2D eigenvalue weighted by Gasteiger charge is 2.27. The molecule has 0 amide bonds. The predicted octanol–water partition coefficient (Wildman–Crippen LogP) is 4.34. The lowest BCUT2D eigenvalue weighted by atomic mass is 10.0. The second-order valence-corrected chi connectivity index (χ2v) is 8.37. The zero-order valence-electron chi connectivity index (χ0n) is 12.5. The lowest BCUT2D eigenvalue weighted by molar-refractivity contribution is 0.204. The lowest BCUT2D eigenvalue weighted by Gasteiger charge is -2.27. The third-order valence-electron chi connectivity index (χ3n) is 4.53. The summed E-state index contributed by atoms with van der Waals surface area (Å²) in [5, 5.41) is 0. The van der Waals surface area contributed by atoms with E-state index >= 15 is 0 Å². The summed E-state index contributed by atoms with van der Waals surface area (Å²) in [6, 6.07) is 0. The van der Waals surface area contributed by atoms with Gasteiger partial charge in [0.05, 0.1) is 6.61 Å². The molecule has 2 aliphatic rings. The standard InChI is InChI=1S/C16H30O2Si/c1-2-17-19(16-12-4-3-5-13-16)18-14-8-11-15-9-6-7-10-15/h8,11,15-16,19H,2-7,9-10,12-14H2,1H3. The number of hydrogen-bond donors (Lipinski definition) is 0. The van der Waals surface area contributed by atoms with E-state index in [1.54, 1.807) is 0 Å². The molecule has 0 bridgehead atoms. The topological polar surface area (TPSA) is 18.5 Å². The monoisotopic (exact) mass is 282 g/mol. The van der Waals surface area contributed by atoms with Crippen molar-refractivity contribution < 1.29 is 8.85 Å². The lowest BCUT2D eigenvalue weighted by Crippen LogP contribution is -2.30. The Kier molecular flexibility index (Phi) is 7.18. The molecule has 1 atom stereocenters. The second kappa shape index (κ2) is 8.93. The fourth-order valence-electron chi connectivity index (χ4n) is 3.44. The summed E-state index contributed by atoms with van der Waals surface area (Å²) in [4.78, 5) is 0. The van der Waals surface area contributed by atoms with E-state index in [1.165, 1.54) is 57.8 Å². The summed E-state index contributed by atoms with van der Waals surface area (Å²) in [5.41, 5.74) is 0.758. The van der Waals surface area contributed by atoms with Crippen molar-refractivity contribution in [3.63, 3.8) is 0 Å². The van der Waals surface area contributed by atoms with Gasteiger partial charge in [-0.05, 0) is 44.1 Å². The van der Waals surface area contributed by atoms with Gasteiger partial charge in [-0.3, -0.25) is 0 Å². The minimum absolute atomic E-state index is 0.758. The van der Waals surface area contributed by atoms with Gasteiger partial charge < -0.3 is 8.85 Å². The highest BCUT2D eigenvalue weighted by molar-refractivity contribution is 6.46. The summed E-state index contributed by atoms with van der Waals surface area (Å²) in [6.07, 6.45) is 17.0. The first-order chi connectivity index (χ1) is 9.40. The van der Waals surface area contributed by atoms with Gasteiger partial charge in [-0.25, -0.2) is 0 Å². The highest BCUT2D eigenvalue weighted by Crippen LogP contribution is 2.32. The fraction of sp³-hybridized carbons (Fsp3) is 0.875. The summed E-state index contributed by atoms with van der Waals surface area (Å²) < 4.78 is 12.0. The third-order valence-corrected chi connectivity index (χ3v) is 7.15. The van der Waals surface area contributed by atoms with E-state index in [4.69, 9.17) is 8.85 Å². The first-order valence-corrected chi connectivity index (χ1v) is 9.91. The average Bonchev–Trinajstić information content (AvgIpc) is 2.96. The highest BCUT2D eigenvalue weighted by atomic mass is 28.3.